The second kappa shape index (κ2) is 9.23. The topological polar surface area (TPSA) is 99.0 Å². The molecular formula is C27H25N3O5S. The van der Waals surface area contributed by atoms with Crippen LogP contribution in [-0.4, -0.2) is 29.2 Å². The number of benzene rings is 2. The summed E-state index contributed by atoms with van der Waals surface area (Å²) in [7, 11) is 0. The van der Waals surface area contributed by atoms with Gasteiger partial charge in [-0.2, -0.15) is 0 Å². The molecule has 1 atom stereocenters. The third kappa shape index (κ3) is 3.85. The first-order chi connectivity index (χ1) is 17.3. The Hall–Kier alpha value is -3.98. The summed E-state index contributed by atoms with van der Waals surface area (Å²) in [5.74, 6) is -0.343. The predicted molar refractivity (Wildman–Crippen MR) is 137 cm³/mol. The number of para-hydroxylation sites is 2. The van der Waals surface area contributed by atoms with E-state index in [1.54, 1.807) is 26.0 Å². The van der Waals surface area contributed by atoms with Crippen molar-refractivity contribution < 1.29 is 19.1 Å². The molecule has 1 amide bonds. The molecule has 2 aliphatic heterocycles. The molecule has 1 N–H and O–H groups in total. The Morgan fingerprint density at radius 1 is 1.14 bits per heavy atom. The van der Waals surface area contributed by atoms with Crippen LogP contribution < -0.4 is 24.9 Å². The van der Waals surface area contributed by atoms with Crippen molar-refractivity contribution in [2.75, 3.05) is 11.9 Å². The zero-order valence-corrected chi connectivity index (χ0v) is 21.1. The third-order valence-corrected chi connectivity index (χ3v) is 7.02. The van der Waals surface area contributed by atoms with Gasteiger partial charge in [0.25, 0.3) is 11.5 Å². The van der Waals surface area contributed by atoms with E-state index in [1.807, 2.05) is 50.2 Å². The fourth-order valence-electron chi connectivity index (χ4n) is 4.55. The maximum absolute atomic E-state index is 14.0. The lowest BCUT2D eigenvalue weighted by Gasteiger charge is -2.26. The Morgan fingerprint density at radius 2 is 1.86 bits per heavy atom. The van der Waals surface area contributed by atoms with Crippen molar-refractivity contribution in [1.82, 2.24) is 4.57 Å². The lowest BCUT2D eigenvalue weighted by Crippen LogP contribution is -2.40. The second-order valence-electron chi connectivity index (χ2n) is 8.70. The Morgan fingerprint density at radius 3 is 2.61 bits per heavy atom. The predicted octanol–water partition coefficient (Wildman–Crippen LogP) is 2.91. The summed E-state index contributed by atoms with van der Waals surface area (Å²) in [5.41, 5.74) is 2.56. The number of carbonyl (C=O) groups excluding carboxylic acids is 2. The minimum absolute atomic E-state index is 0.126. The number of anilines is 1. The second-order valence-corrected chi connectivity index (χ2v) is 9.68. The SMILES string of the molecule is CCOC(=O)C1=C(C)N=c2sc(=C3C(=O)Nc4ccccc43)c(=O)n2C1c1ccccc1OC(C)C. The maximum Gasteiger partial charge on any atom is 0.338 e. The molecule has 184 valence electrons. The summed E-state index contributed by atoms with van der Waals surface area (Å²) in [6, 6.07) is 13.7. The van der Waals surface area contributed by atoms with Gasteiger partial charge in [0.2, 0.25) is 0 Å². The van der Waals surface area contributed by atoms with Crippen LogP contribution >= 0.6 is 11.3 Å². The summed E-state index contributed by atoms with van der Waals surface area (Å²) in [6.45, 7) is 7.45. The van der Waals surface area contributed by atoms with Gasteiger partial charge in [-0.05, 0) is 39.8 Å². The number of ether oxygens (including phenoxy) is 2. The molecular weight excluding hydrogens is 478 g/mol. The fourth-order valence-corrected chi connectivity index (χ4v) is 5.69. The van der Waals surface area contributed by atoms with Crippen LogP contribution in [0.25, 0.3) is 5.57 Å². The number of hydrogen-bond donors (Lipinski definition) is 1. The van der Waals surface area contributed by atoms with Crippen LogP contribution in [0.3, 0.4) is 0 Å². The van der Waals surface area contributed by atoms with Crippen LogP contribution in [0, 0.1) is 0 Å². The van der Waals surface area contributed by atoms with Gasteiger partial charge in [-0.15, -0.1) is 0 Å². The van der Waals surface area contributed by atoms with Crippen molar-refractivity contribution >= 4 is 34.5 Å². The number of allylic oxidation sites excluding steroid dienone is 1. The molecule has 0 saturated heterocycles. The minimum Gasteiger partial charge on any atom is -0.491 e. The Kier molecular flexibility index (Phi) is 6.09. The number of esters is 1. The molecule has 3 aromatic rings. The monoisotopic (exact) mass is 503 g/mol. The molecule has 9 heteroatoms. The molecule has 0 fully saturated rings. The molecule has 8 nitrogen and oxygen atoms in total. The number of thiazole rings is 1. The first-order valence-corrected chi connectivity index (χ1v) is 12.5. The van der Waals surface area contributed by atoms with E-state index in [0.29, 0.717) is 38.6 Å². The van der Waals surface area contributed by atoms with Gasteiger partial charge in [0, 0.05) is 16.8 Å². The average molecular weight is 504 g/mol. The normalized spacial score (nSPS) is 17.9. The summed E-state index contributed by atoms with van der Waals surface area (Å²) >= 11 is 1.13. The highest BCUT2D eigenvalue weighted by Crippen LogP contribution is 2.36. The number of hydrogen-bond acceptors (Lipinski definition) is 7. The van der Waals surface area contributed by atoms with E-state index < -0.39 is 17.6 Å². The molecule has 1 aromatic heterocycles. The van der Waals surface area contributed by atoms with Crippen LogP contribution in [0.4, 0.5) is 5.69 Å². The van der Waals surface area contributed by atoms with Gasteiger partial charge in [0.15, 0.2) is 4.80 Å². The first kappa shape index (κ1) is 23.7. The van der Waals surface area contributed by atoms with Gasteiger partial charge in [0.05, 0.1) is 29.6 Å². The quantitative estimate of drug-likeness (QED) is 0.540. The van der Waals surface area contributed by atoms with Crippen LogP contribution in [0.2, 0.25) is 0 Å². The average Bonchev–Trinajstić information content (AvgIpc) is 3.33. The standard InChI is InChI=1S/C27H25N3O5S/c1-5-34-26(33)20-15(4)28-27-30(22(20)17-11-7-9-13-19(17)35-14(2)3)25(32)23(36-27)21-16-10-6-8-12-18(16)29-24(21)31/h6-14,22H,5H2,1-4H3,(H,29,31). The minimum atomic E-state index is -0.829. The van der Waals surface area contributed by atoms with Gasteiger partial charge in [-0.3, -0.25) is 14.2 Å². The highest BCUT2D eigenvalue weighted by molar-refractivity contribution is 7.07. The molecule has 0 spiro atoms. The van der Waals surface area contributed by atoms with Crippen molar-refractivity contribution in [3.63, 3.8) is 0 Å². The number of fused-ring (bicyclic) bond motifs is 2. The molecule has 2 aliphatic rings. The molecule has 3 heterocycles. The largest absolute Gasteiger partial charge is 0.491 e. The number of nitrogens with zero attached hydrogens (tertiary/aromatic N) is 2. The number of nitrogens with one attached hydrogen (secondary N) is 1. The lowest BCUT2D eigenvalue weighted by atomic mass is 9.95. The zero-order chi connectivity index (χ0) is 25.6. The number of carbonyl (C=O) groups is 2. The first-order valence-electron chi connectivity index (χ1n) is 11.7. The molecule has 0 saturated carbocycles. The number of rotatable bonds is 5. The van der Waals surface area contributed by atoms with Crippen molar-refractivity contribution in [3.05, 3.63) is 90.6 Å². The summed E-state index contributed by atoms with van der Waals surface area (Å²) in [4.78, 5) is 45.1. The number of aromatic nitrogens is 1. The van der Waals surface area contributed by atoms with Gasteiger partial charge in [-0.1, -0.05) is 47.7 Å². The molecule has 36 heavy (non-hydrogen) atoms. The van der Waals surface area contributed by atoms with Crippen molar-refractivity contribution in [2.24, 2.45) is 4.99 Å². The van der Waals surface area contributed by atoms with Crippen molar-refractivity contribution in [1.29, 1.82) is 0 Å². The fraction of sp³-hybridized carbons (Fsp3) is 0.259. The van der Waals surface area contributed by atoms with E-state index in [0.717, 1.165) is 11.3 Å². The summed E-state index contributed by atoms with van der Waals surface area (Å²) < 4.78 is 13.2. The van der Waals surface area contributed by atoms with E-state index in [4.69, 9.17) is 9.47 Å². The number of amides is 1. The summed E-state index contributed by atoms with van der Waals surface area (Å²) in [6.07, 6.45) is -0.126. The van der Waals surface area contributed by atoms with Gasteiger partial charge in [0.1, 0.15) is 16.3 Å². The Bertz CT molecular complexity index is 1610. The summed E-state index contributed by atoms with van der Waals surface area (Å²) in [5, 5.41) is 2.83. The van der Waals surface area contributed by atoms with Crippen LogP contribution in [0.15, 0.2) is 69.6 Å². The van der Waals surface area contributed by atoms with E-state index >= 15 is 0 Å². The molecule has 0 radical (unpaired) electrons. The smallest absolute Gasteiger partial charge is 0.338 e. The van der Waals surface area contributed by atoms with E-state index in [9.17, 15) is 14.4 Å². The maximum atomic E-state index is 14.0. The van der Waals surface area contributed by atoms with E-state index in [1.165, 1.54) is 4.57 Å². The van der Waals surface area contributed by atoms with Crippen molar-refractivity contribution in [3.8, 4) is 5.75 Å². The highest BCUT2D eigenvalue weighted by atomic mass is 32.1. The van der Waals surface area contributed by atoms with E-state index in [2.05, 4.69) is 10.3 Å². The highest BCUT2D eigenvalue weighted by Gasteiger charge is 2.36. The molecule has 0 bridgehead atoms. The molecule has 0 aliphatic carbocycles. The van der Waals surface area contributed by atoms with Crippen LogP contribution in [0.5, 0.6) is 5.75 Å². The van der Waals surface area contributed by atoms with Crippen LogP contribution in [-0.2, 0) is 14.3 Å². The van der Waals surface area contributed by atoms with Crippen molar-refractivity contribution in [2.45, 2.75) is 39.8 Å². The molecule has 1 unspecified atom stereocenters. The Labute approximate surface area is 211 Å². The Balaban J connectivity index is 1.83. The molecule has 2 aromatic carbocycles. The van der Waals surface area contributed by atoms with Gasteiger partial charge in [-0.25, -0.2) is 9.79 Å². The zero-order valence-electron chi connectivity index (χ0n) is 20.3. The third-order valence-electron chi connectivity index (χ3n) is 5.97. The lowest BCUT2D eigenvalue weighted by molar-refractivity contribution is -0.139. The van der Waals surface area contributed by atoms with E-state index in [-0.39, 0.29) is 28.7 Å². The molecule has 5 rings (SSSR count). The van der Waals surface area contributed by atoms with Gasteiger partial charge < -0.3 is 14.8 Å². The van der Waals surface area contributed by atoms with Gasteiger partial charge >= 0.3 is 5.97 Å². The van der Waals surface area contributed by atoms with Crippen LogP contribution in [0.1, 0.15) is 44.9 Å².